The number of benzene rings is 1. The standard InChI is InChI=1S/C12H11NOS/c1-8-7-10-12(13(8)2)15-11-6-4-3-5-9(11)14-10/h3-7H,1-2H3. The second-order valence-corrected chi connectivity index (χ2v) is 4.70. The molecule has 0 fully saturated rings. The minimum absolute atomic E-state index is 0.959. The van der Waals surface area contributed by atoms with Crippen LogP contribution in [0.4, 0.5) is 0 Å². The van der Waals surface area contributed by atoms with Crippen LogP contribution in [0.15, 0.2) is 40.3 Å². The average Bonchev–Trinajstić information content (AvgIpc) is 2.52. The van der Waals surface area contributed by atoms with E-state index >= 15 is 0 Å². The molecule has 76 valence electrons. The van der Waals surface area contributed by atoms with Crippen molar-refractivity contribution in [2.24, 2.45) is 7.05 Å². The van der Waals surface area contributed by atoms with Gasteiger partial charge in [-0.2, -0.15) is 0 Å². The van der Waals surface area contributed by atoms with E-state index in [1.165, 1.54) is 15.6 Å². The fourth-order valence-corrected chi connectivity index (χ4v) is 2.75. The van der Waals surface area contributed by atoms with Crippen molar-refractivity contribution < 1.29 is 4.74 Å². The van der Waals surface area contributed by atoms with Gasteiger partial charge in [-0.15, -0.1) is 0 Å². The molecular weight excluding hydrogens is 206 g/mol. The van der Waals surface area contributed by atoms with E-state index < -0.39 is 0 Å². The number of aryl methyl sites for hydroxylation is 1. The van der Waals surface area contributed by atoms with Crippen LogP contribution in [0.25, 0.3) is 0 Å². The highest BCUT2D eigenvalue weighted by Gasteiger charge is 2.21. The highest BCUT2D eigenvalue weighted by atomic mass is 32.2. The van der Waals surface area contributed by atoms with Gasteiger partial charge >= 0.3 is 0 Å². The molecule has 0 unspecified atom stereocenters. The van der Waals surface area contributed by atoms with Gasteiger partial charge in [-0.25, -0.2) is 0 Å². The molecule has 0 spiro atoms. The zero-order valence-electron chi connectivity index (χ0n) is 8.65. The molecule has 3 heteroatoms. The third kappa shape index (κ3) is 1.27. The van der Waals surface area contributed by atoms with Crippen LogP contribution in [0.3, 0.4) is 0 Å². The van der Waals surface area contributed by atoms with Gasteiger partial charge in [0.05, 0.1) is 4.90 Å². The number of ether oxygens (including phenoxy) is 1. The lowest BCUT2D eigenvalue weighted by Crippen LogP contribution is -1.97. The molecule has 0 atom stereocenters. The van der Waals surface area contributed by atoms with Crippen molar-refractivity contribution in [2.45, 2.75) is 16.8 Å². The van der Waals surface area contributed by atoms with Crippen molar-refractivity contribution in [2.75, 3.05) is 0 Å². The van der Waals surface area contributed by atoms with Gasteiger partial charge in [0.15, 0.2) is 5.75 Å². The highest BCUT2D eigenvalue weighted by Crippen LogP contribution is 2.47. The molecule has 1 aliphatic rings. The van der Waals surface area contributed by atoms with Crippen molar-refractivity contribution >= 4 is 11.8 Å². The summed E-state index contributed by atoms with van der Waals surface area (Å²) < 4.78 is 8.00. The van der Waals surface area contributed by atoms with Crippen LogP contribution in [-0.2, 0) is 7.05 Å². The quantitative estimate of drug-likeness (QED) is 0.571. The van der Waals surface area contributed by atoms with Gasteiger partial charge in [-0.05, 0) is 19.1 Å². The minimum atomic E-state index is 0.959. The lowest BCUT2D eigenvalue weighted by molar-refractivity contribution is 0.449. The number of nitrogens with zero attached hydrogens (tertiary/aromatic N) is 1. The largest absolute Gasteiger partial charge is 0.453 e. The normalized spacial score (nSPS) is 12.9. The summed E-state index contributed by atoms with van der Waals surface area (Å²) in [4.78, 5) is 1.19. The maximum atomic E-state index is 5.84. The summed E-state index contributed by atoms with van der Waals surface area (Å²) >= 11 is 1.77. The monoisotopic (exact) mass is 217 g/mol. The van der Waals surface area contributed by atoms with Gasteiger partial charge in [0.25, 0.3) is 0 Å². The van der Waals surface area contributed by atoms with Crippen LogP contribution in [-0.4, -0.2) is 4.57 Å². The van der Waals surface area contributed by atoms with E-state index in [2.05, 4.69) is 30.7 Å². The van der Waals surface area contributed by atoms with Crippen LogP contribution in [0.2, 0.25) is 0 Å². The van der Waals surface area contributed by atoms with Crippen LogP contribution in [0.1, 0.15) is 5.69 Å². The van der Waals surface area contributed by atoms with Gasteiger partial charge in [-0.1, -0.05) is 23.9 Å². The molecule has 15 heavy (non-hydrogen) atoms. The van der Waals surface area contributed by atoms with Gasteiger partial charge in [0.1, 0.15) is 10.8 Å². The van der Waals surface area contributed by atoms with E-state index in [9.17, 15) is 0 Å². The van der Waals surface area contributed by atoms with E-state index in [0.717, 1.165) is 11.5 Å². The van der Waals surface area contributed by atoms with Crippen LogP contribution in [0, 0.1) is 6.92 Å². The van der Waals surface area contributed by atoms with E-state index in [1.54, 1.807) is 11.8 Å². The molecule has 0 amide bonds. The lowest BCUT2D eigenvalue weighted by atomic mass is 10.3. The molecule has 0 radical (unpaired) electrons. The molecular formula is C12H11NOS. The molecule has 0 aliphatic carbocycles. The number of para-hydroxylation sites is 1. The lowest BCUT2D eigenvalue weighted by Gasteiger charge is -2.17. The molecule has 3 rings (SSSR count). The highest BCUT2D eigenvalue weighted by molar-refractivity contribution is 7.99. The topological polar surface area (TPSA) is 14.2 Å². The number of hydrogen-bond donors (Lipinski definition) is 0. The fourth-order valence-electron chi connectivity index (χ4n) is 1.71. The SMILES string of the molecule is Cc1cc2c(n1C)Sc1ccccc1O2. The Morgan fingerprint density at radius 1 is 1.20 bits per heavy atom. The van der Waals surface area contributed by atoms with Crippen molar-refractivity contribution in [1.82, 2.24) is 4.57 Å². The molecule has 0 N–H and O–H groups in total. The molecule has 0 saturated carbocycles. The Bertz CT molecular complexity index is 530. The first kappa shape index (κ1) is 8.92. The van der Waals surface area contributed by atoms with Crippen molar-refractivity contribution in [3.8, 4) is 11.5 Å². The minimum Gasteiger partial charge on any atom is -0.453 e. The number of fused-ring (bicyclic) bond motifs is 2. The van der Waals surface area contributed by atoms with Crippen molar-refractivity contribution in [1.29, 1.82) is 0 Å². The van der Waals surface area contributed by atoms with Crippen LogP contribution < -0.4 is 4.74 Å². The molecule has 2 heterocycles. The molecule has 0 saturated heterocycles. The van der Waals surface area contributed by atoms with E-state index in [0.29, 0.717) is 0 Å². The third-order valence-corrected chi connectivity index (χ3v) is 3.89. The first-order valence-corrected chi connectivity index (χ1v) is 5.68. The molecule has 1 aromatic heterocycles. The van der Waals surface area contributed by atoms with Crippen LogP contribution >= 0.6 is 11.8 Å². The van der Waals surface area contributed by atoms with Gasteiger partial charge in [0.2, 0.25) is 0 Å². The van der Waals surface area contributed by atoms with Crippen molar-refractivity contribution in [3.63, 3.8) is 0 Å². The van der Waals surface area contributed by atoms with Gasteiger partial charge in [0, 0.05) is 18.8 Å². The smallest absolute Gasteiger partial charge is 0.159 e. The predicted octanol–water partition coefficient (Wildman–Crippen LogP) is 3.59. The summed E-state index contributed by atoms with van der Waals surface area (Å²) in [6.45, 7) is 2.09. The average molecular weight is 217 g/mol. The summed E-state index contributed by atoms with van der Waals surface area (Å²) in [6, 6.07) is 10.2. The molecule has 1 aromatic carbocycles. The molecule has 1 aliphatic heterocycles. The predicted molar refractivity (Wildman–Crippen MR) is 60.8 cm³/mol. The zero-order chi connectivity index (χ0) is 10.4. The Kier molecular flexibility index (Phi) is 1.83. The zero-order valence-corrected chi connectivity index (χ0v) is 9.47. The maximum Gasteiger partial charge on any atom is 0.159 e. The Labute approximate surface area is 92.9 Å². The van der Waals surface area contributed by atoms with E-state index in [1.807, 2.05) is 18.2 Å². The summed E-state index contributed by atoms with van der Waals surface area (Å²) in [5.74, 6) is 1.93. The number of hydrogen-bond acceptors (Lipinski definition) is 2. The third-order valence-electron chi connectivity index (χ3n) is 2.66. The number of rotatable bonds is 0. The van der Waals surface area contributed by atoms with Gasteiger partial charge < -0.3 is 9.30 Å². The van der Waals surface area contributed by atoms with Crippen LogP contribution in [0.5, 0.6) is 11.5 Å². The Morgan fingerprint density at radius 2 is 2.00 bits per heavy atom. The van der Waals surface area contributed by atoms with Crippen molar-refractivity contribution in [3.05, 3.63) is 36.0 Å². The second-order valence-electron chi connectivity index (χ2n) is 3.66. The Morgan fingerprint density at radius 3 is 2.87 bits per heavy atom. The summed E-state index contributed by atoms with van der Waals surface area (Å²) in [7, 11) is 2.07. The fraction of sp³-hybridized carbons (Fsp3) is 0.167. The molecule has 2 aromatic rings. The van der Waals surface area contributed by atoms with E-state index in [4.69, 9.17) is 4.74 Å². The second kappa shape index (κ2) is 3.07. The summed E-state index contributed by atoms with van der Waals surface area (Å²) in [5.41, 5.74) is 1.22. The molecule has 2 nitrogen and oxygen atoms in total. The Hall–Kier alpha value is -1.35. The summed E-state index contributed by atoms with van der Waals surface area (Å²) in [5, 5.41) is 1.19. The van der Waals surface area contributed by atoms with Gasteiger partial charge in [-0.3, -0.25) is 0 Å². The summed E-state index contributed by atoms with van der Waals surface area (Å²) in [6.07, 6.45) is 0. The molecule has 0 bridgehead atoms. The van der Waals surface area contributed by atoms with E-state index in [-0.39, 0.29) is 0 Å². The first-order chi connectivity index (χ1) is 7.25. The maximum absolute atomic E-state index is 5.84. The first-order valence-electron chi connectivity index (χ1n) is 4.87. The number of aromatic nitrogens is 1. The Balaban J connectivity index is 2.15.